The fourth-order valence-electron chi connectivity index (χ4n) is 2.93. The van der Waals surface area contributed by atoms with Crippen molar-refractivity contribution in [3.8, 4) is 0 Å². The van der Waals surface area contributed by atoms with E-state index in [1.807, 2.05) is 17.1 Å². The van der Waals surface area contributed by atoms with E-state index in [9.17, 15) is 10.1 Å². The van der Waals surface area contributed by atoms with Gasteiger partial charge in [-0.15, -0.1) is 0 Å². The molecule has 0 aromatic heterocycles. The molecule has 0 saturated carbocycles. The fraction of sp³-hybridized carbons (Fsp3) is 0.250. The monoisotopic (exact) mass is 384 g/mol. The van der Waals surface area contributed by atoms with Crippen LogP contribution in [0.3, 0.4) is 0 Å². The Morgan fingerprint density at radius 2 is 1.78 bits per heavy atom. The van der Waals surface area contributed by atoms with E-state index in [1.165, 1.54) is 11.6 Å². The van der Waals surface area contributed by atoms with E-state index < -0.39 is 0 Å². The van der Waals surface area contributed by atoms with Gasteiger partial charge in [0.2, 0.25) is 0 Å². The van der Waals surface area contributed by atoms with Crippen molar-refractivity contribution in [2.45, 2.75) is 6.54 Å². The van der Waals surface area contributed by atoms with Gasteiger partial charge in [0.1, 0.15) is 0 Å². The van der Waals surface area contributed by atoms with Gasteiger partial charge in [0, 0.05) is 50.0 Å². The summed E-state index contributed by atoms with van der Waals surface area (Å²) in [6, 6.07) is 14.6. The predicted octanol–water partition coefficient (Wildman–Crippen LogP) is 4.07. The number of nitrogens with zero attached hydrogens (tertiary/aromatic N) is 4. The van der Waals surface area contributed by atoms with Crippen molar-refractivity contribution in [2.75, 3.05) is 26.2 Å². The van der Waals surface area contributed by atoms with Crippen LogP contribution in [-0.4, -0.2) is 47.2 Å². The predicted molar refractivity (Wildman–Crippen MR) is 109 cm³/mol. The number of benzene rings is 2. The van der Waals surface area contributed by atoms with Crippen LogP contribution in [0.25, 0.3) is 6.08 Å². The molecule has 1 saturated heterocycles. The Balaban J connectivity index is 1.48. The van der Waals surface area contributed by atoms with Crippen molar-refractivity contribution >= 4 is 29.6 Å². The van der Waals surface area contributed by atoms with E-state index in [0.717, 1.165) is 37.7 Å². The molecule has 3 rings (SSSR count). The number of piperazine rings is 1. The zero-order valence-electron chi connectivity index (χ0n) is 14.9. The highest BCUT2D eigenvalue weighted by Gasteiger charge is 2.15. The maximum atomic E-state index is 11.0. The number of hydrazone groups is 1. The number of allylic oxidation sites excluding steroid dienone is 1. The standard InChI is InChI=1S/C20H21ClN4O2/c21-19-9-7-17(8-10-19)16-23-12-14-24(15-13-23)22-11-3-5-18-4-1-2-6-20(18)25(26)27/h1-11H,12-16H2/b5-3+,22-11-. The number of para-hydroxylation sites is 1. The van der Waals surface area contributed by atoms with Crippen LogP contribution < -0.4 is 0 Å². The van der Waals surface area contributed by atoms with Crippen LogP contribution in [-0.2, 0) is 6.54 Å². The molecule has 2 aromatic carbocycles. The quantitative estimate of drug-likeness (QED) is 0.428. The van der Waals surface area contributed by atoms with Crippen LogP contribution in [0.4, 0.5) is 5.69 Å². The van der Waals surface area contributed by atoms with E-state index in [4.69, 9.17) is 11.6 Å². The third kappa shape index (κ3) is 5.64. The highest BCUT2D eigenvalue weighted by molar-refractivity contribution is 6.30. The summed E-state index contributed by atoms with van der Waals surface area (Å²) < 4.78 is 0. The molecule has 0 amide bonds. The fourth-order valence-corrected chi connectivity index (χ4v) is 3.06. The summed E-state index contributed by atoms with van der Waals surface area (Å²) in [6.45, 7) is 4.49. The minimum Gasteiger partial charge on any atom is -0.295 e. The molecule has 0 spiro atoms. The van der Waals surface area contributed by atoms with Crippen molar-refractivity contribution in [3.63, 3.8) is 0 Å². The Hall–Kier alpha value is -2.70. The van der Waals surface area contributed by atoms with Crippen molar-refractivity contribution in [1.29, 1.82) is 0 Å². The van der Waals surface area contributed by atoms with Gasteiger partial charge in [-0.05, 0) is 35.9 Å². The van der Waals surface area contributed by atoms with Crippen molar-refractivity contribution in [2.24, 2.45) is 5.10 Å². The van der Waals surface area contributed by atoms with Gasteiger partial charge in [-0.3, -0.25) is 20.0 Å². The first-order chi connectivity index (χ1) is 13.1. The molecule has 1 fully saturated rings. The molecule has 2 aromatic rings. The van der Waals surface area contributed by atoms with Gasteiger partial charge in [-0.25, -0.2) is 0 Å². The van der Waals surface area contributed by atoms with Crippen LogP contribution in [0.15, 0.2) is 59.7 Å². The molecule has 7 heteroatoms. The van der Waals surface area contributed by atoms with Gasteiger partial charge in [-0.1, -0.05) is 35.9 Å². The van der Waals surface area contributed by atoms with Gasteiger partial charge >= 0.3 is 0 Å². The lowest BCUT2D eigenvalue weighted by atomic mass is 10.1. The largest absolute Gasteiger partial charge is 0.295 e. The number of nitro benzene ring substituents is 1. The zero-order chi connectivity index (χ0) is 19.1. The maximum Gasteiger partial charge on any atom is 0.276 e. The normalized spacial score (nSPS) is 15.7. The second-order valence-corrected chi connectivity index (χ2v) is 6.73. The van der Waals surface area contributed by atoms with E-state index in [2.05, 4.69) is 22.1 Å². The van der Waals surface area contributed by atoms with Gasteiger partial charge in [0.15, 0.2) is 0 Å². The average Bonchev–Trinajstić information content (AvgIpc) is 2.68. The zero-order valence-corrected chi connectivity index (χ0v) is 15.6. The third-order valence-corrected chi connectivity index (χ3v) is 4.65. The number of halogens is 1. The first kappa shape index (κ1) is 19.1. The number of hydrogen-bond acceptors (Lipinski definition) is 5. The topological polar surface area (TPSA) is 62.0 Å². The first-order valence-electron chi connectivity index (χ1n) is 8.77. The molecule has 1 aliphatic rings. The van der Waals surface area contributed by atoms with Crippen LogP contribution in [0.2, 0.25) is 5.02 Å². The maximum absolute atomic E-state index is 11.0. The molecular formula is C20H21ClN4O2. The Labute approximate surface area is 163 Å². The summed E-state index contributed by atoms with van der Waals surface area (Å²) in [5, 5.41) is 18.2. The van der Waals surface area contributed by atoms with Gasteiger partial charge in [0.05, 0.1) is 10.5 Å². The Morgan fingerprint density at radius 1 is 1.07 bits per heavy atom. The molecule has 27 heavy (non-hydrogen) atoms. The van der Waals surface area contributed by atoms with E-state index in [-0.39, 0.29) is 10.6 Å². The Bertz CT molecular complexity index is 828. The molecule has 0 unspecified atom stereocenters. The summed E-state index contributed by atoms with van der Waals surface area (Å²) in [5.41, 5.74) is 1.92. The van der Waals surface area contributed by atoms with E-state index in [1.54, 1.807) is 36.6 Å². The number of nitro groups is 1. The number of rotatable bonds is 6. The van der Waals surface area contributed by atoms with Crippen LogP contribution in [0, 0.1) is 10.1 Å². The average molecular weight is 385 g/mol. The van der Waals surface area contributed by atoms with E-state index in [0.29, 0.717) is 5.56 Å². The summed E-state index contributed by atoms with van der Waals surface area (Å²) in [5.74, 6) is 0. The van der Waals surface area contributed by atoms with Crippen LogP contribution in [0.5, 0.6) is 0 Å². The molecule has 140 valence electrons. The Morgan fingerprint density at radius 3 is 2.48 bits per heavy atom. The molecule has 0 aliphatic carbocycles. The molecule has 1 aliphatic heterocycles. The lowest BCUT2D eigenvalue weighted by Gasteiger charge is -2.32. The first-order valence-corrected chi connectivity index (χ1v) is 9.15. The third-order valence-electron chi connectivity index (χ3n) is 4.39. The molecule has 0 radical (unpaired) electrons. The highest BCUT2D eigenvalue weighted by atomic mass is 35.5. The lowest BCUT2D eigenvalue weighted by molar-refractivity contribution is -0.385. The minimum absolute atomic E-state index is 0.0953. The molecule has 6 nitrogen and oxygen atoms in total. The summed E-state index contributed by atoms with van der Waals surface area (Å²) in [4.78, 5) is 13.0. The smallest absolute Gasteiger partial charge is 0.276 e. The summed E-state index contributed by atoms with van der Waals surface area (Å²) in [6.07, 6.45) is 5.13. The minimum atomic E-state index is -0.378. The number of hydrogen-bond donors (Lipinski definition) is 0. The molecule has 0 bridgehead atoms. The van der Waals surface area contributed by atoms with E-state index >= 15 is 0 Å². The van der Waals surface area contributed by atoms with Crippen molar-refractivity contribution < 1.29 is 4.92 Å². The summed E-state index contributed by atoms with van der Waals surface area (Å²) >= 11 is 5.92. The molecule has 0 atom stereocenters. The van der Waals surface area contributed by atoms with Gasteiger partial charge in [-0.2, -0.15) is 5.10 Å². The Kier molecular flexibility index (Phi) is 6.57. The second kappa shape index (κ2) is 9.30. The molecule has 0 N–H and O–H groups in total. The van der Waals surface area contributed by atoms with Gasteiger partial charge in [0.25, 0.3) is 5.69 Å². The summed E-state index contributed by atoms with van der Waals surface area (Å²) in [7, 11) is 0. The second-order valence-electron chi connectivity index (χ2n) is 6.30. The lowest BCUT2D eigenvalue weighted by Crippen LogP contribution is -2.43. The van der Waals surface area contributed by atoms with Crippen LogP contribution >= 0.6 is 11.6 Å². The van der Waals surface area contributed by atoms with Crippen molar-refractivity contribution in [1.82, 2.24) is 9.91 Å². The molecule has 1 heterocycles. The van der Waals surface area contributed by atoms with Crippen LogP contribution in [0.1, 0.15) is 11.1 Å². The van der Waals surface area contributed by atoms with Crippen molar-refractivity contribution in [3.05, 3.63) is 80.9 Å². The van der Waals surface area contributed by atoms with Gasteiger partial charge < -0.3 is 0 Å². The SMILES string of the molecule is O=[N+]([O-])c1ccccc1/C=C/C=N\N1CCN(Cc2ccc(Cl)cc2)CC1. The highest BCUT2D eigenvalue weighted by Crippen LogP contribution is 2.18. The molecular weight excluding hydrogens is 364 g/mol.